The summed E-state index contributed by atoms with van der Waals surface area (Å²) in [5.74, 6) is -0.805. The van der Waals surface area contributed by atoms with E-state index in [2.05, 4.69) is 62.5 Å². The fourth-order valence-electron chi connectivity index (χ4n) is 13.6. The second-order valence-electron chi connectivity index (χ2n) is 31.6. The second kappa shape index (κ2) is 81.1. The average molecular weight is 1430 g/mol. The van der Waals surface area contributed by atoms with E-state index in [1.807, 2.05) is 21.1 Å². The Kier molecular flexibility index (Phi) is 79.4. The summed E-state index contributed by atoms with van der Waals surface area (Å²) in [6.07, 6.45) is 109. The van der Waals surface area contributed by atoms with Gasteiger partial charge in [-0.15, -0.1) is 0 Å². The fourth-order valence-corrected chi connectivity index (χ4v) is 14.3. The van der Waals surface area contributed by atoms with Gasteiger partial charge in [-0.3, -0.25) is 14.2 Å². The lowest BCUT2D eigenvalue weighted by Gasteiger charge is -2.28. The van der Waals surface area contributed by atoms with E-state index < -0.39 is 26.5 Å². The molecule has 590 valence electrons. The average Bonchev–Trinajstić information content (AvgIpc) is 1.30. The highest BCUT2D eigenvalue weighted by Gasteiger charge is 2.22. The molecule has 0 bridgehead atoms. The van der Waals surface area contributed by atoms with E-state index in [1.54, 1.807) is 0 Å². The number of hydrogen-bond donors (Lipinski definition) is 0. The van der Waals surface area contributed by atoms with Crippen LogP contribution in [0.3, 0.4) is 0 Å². The molecule has 0 saturated heterocycles. The van der Waals surface area contributed by atoms with Crippen molar-refractivity contribution in [2.45, 2.75) is 469 Å². The number of carbonyl (C=O) groups is 2. The third-order valence-electron chi connectivity index (χ3n) is 20.3. The molecule has 10 heteroatoms. The van der Waals surface area contributed by atoms with Gasteiger partial charge in [0.15, 0.2) is 6.10 Å². The number of esters is 2. The molecule has 0 aliphatic carbocycles. The zero-order valence-electron chi connectivity index (χ0n) is 67.7. The lowest BCUT2D eigenvalue weighted by Crippen LogP contribution is -2.37. The van der Waals surface area contributed by atoms with Crippen LogP contribution in [0.15, 0.2) is 48.6 Å². The van der Waals surface area contributed by atoms with E-state index >= 15 is 0 Å². The summed E-state index contributed by atoms with van der Waals surface area (Å²) < 4.78 is 34.5. The molecule has 2 atom stereocenters. The number of rotatable bonds is 84. The highest BCUT2D eigenvalue weighted by atomic mass is 31.2. The number of quaternary nitrogens is 1. The Morgan fingerprint density at radius 2 is 0.540 bits per heavy atom. The van der Waals surface area contributed by atoms with Gasteiger partial charge < -0.3 is 27.9 Å². The molecule has 0 aromatic carbocycles. The molecule has 9 nitrogen and oxygen atoms in total. The summed E-state index contributed by atoms with van der Waals surface area (Å²) in [4.78, 5) is 38.3. The molecule has 0 saturated carbocycles. The molecule has 0 radical (unpaired) electrons. The largest absolute Gasteiger partial charge is 0.756 e. The van der Waals surface area contributed by atoms with Crippen molar-refractivity contribution in [3.05, 3.63) is 48.6 Å². The van der Waals surface area contributed by atoms with Crippen LogP contribution in [-0.2, 0) is 32.7 Å². The van der Waals surface area contributed by atoms with Crippen LogP contribution in [0.1, 0.15) is 463 Å². The molecule has 2 unspecified atom stereocenters. The van der Waals surface area contributed by atoms with Gasteiger partial charge in [0, 0.05) is 12.8 Å². The molecule has 0 aromatic heterocycles. The molecule has 0 aromatic rings. The van der Waals surface area contributed by atoms with E-state index in [0.717, 1.165) is 44.9 Å². The molecule has 0 fully saturated rings. The quantitative estimate of drug-likeness (QED) is 0.0195. The number of nitrogens with zero attached hydrogens (tertiary/aromatic N) is 1. The molecule has 0 spiro atoms. The highest BCUT2D eigenvalue weighted by Crippen LogP contribution is 2.38. The number of carbonyl (C=O) groups excluding carboxylic acids is 2. The van der Waals surface area contributed by atoms with Crippen molar-refractivity contribution in [2.75, 3.05) is 47.5 Å². The first-order chi connectivity index (χ1) is 49.0. The van der Waals surface area contributed by atoms with Crippen LogP contribution in [0.4, 0.5) is 0 Å². The molecule has 0 aliphatic rings. The first kappa shape index (κ1) is 98.0. The van der Waals surface area contributed by atoms with Gasteiger partial charge in [0.25, 0.3) is 7.82 Å². The zero-order valence-corrected chi connectivity index (χ0v) is 68.6. The van der Waals surface area contributed by atoms with Crippen molar-refractivity contribution in [1.29, 1.82) is 0 Å². The molecule has 0 heterocycles. The molecule has 0 amide bonds. The Morgan fingerprint density at radius 3 is 0.790 bits per heavy atom. The van der Waals surface area contributed by atoms with Gasteiger partial charge in [-0.1, -0.05) is 422 Å². The van der Waals surface area contributed by atoms with E-state index in [9.17, 15) is 19.0 Å². The SMILES string of the molecule is CCCCCCC/C=C\C/C=C\CCCCCCCCCCCCCCCCCCCCCCCCCCCCCCCC(=O)OC(COC(=O)CCCCCCCCCCCCCCCCCCCCCCCCC/C=C\C/C=C\CCCCCCC)COP(=O)([O-])OCC[N+](C)(C)C. The van der Waals surface area contributed by atoms with Gasteiger partial charge in [0.05, 0.1) is 27.7 Å². The standard InChI is InChI=1S/C90H172NO8P/c1-6-8-10-12-14-16-18-20-22-24-26-28-30-32-34-36-38-40-42-43-44-45-46-47-49-51-53-55-57-59-61-63-65-67-69-71-73-75-77-79-81-83-90(93)99-88(87-98-100(94,95)97-85-84-91(3,4)5)86-96-89(92)82-80-78-76-74-72-70-68-66-64-62-60-58-56-54-52-50-48-41-39-37-35-33-31-29-27-25-23-21-19-17-15-13-11-9-7-2/h18-21,24-27,88H,6-17,22-23,28-87H2,1-5H3/b20-18-,21-19-,26-24-,27-25-. The van der Waals surface area contributed by atoms with Crippen molar-refractivity contribution < 1.29 is 42.1 Å². The van der Waals surface area contributed by atoms with E-state index in [1.165, 1.54) is 385 Å². The summed E-state index contributed by atoms with van der Waals surface area (Å²) in [5, 5.41) is 0. The van der Waals surface area contributed by atoms with Crippen molar-refractivity contribution in [2.24, 2.45) is 0 Å². The minimum Gasteiger partial charge on any atom is -0.756 e. The Bertz CT molecular complexity index is 1830. The van der Waals surface area contributed by atoms with Crippen LogP contribution < -0.4 is 4.89 Å². The van der Waals surface area contributed by atoms with Crippen molar-refractivity contribution in [3.8, 4) is 0 Å². The summed E-state index contributed by atoms with van der Waals surface area (Å²) in [7, 11) is 1.19. The van der Waals surface area contributed by atoms with E-state index in [0.29, 0.717) is 17.4 Å². The van der Waals surface area contributed by atoms with Gasteiger partial charge in [0.1, 0.15) is 19.8 Å². The summed E-state index contributed by atoms with van der Waals surface area (Å²) in [5.41, 5.74) is 0. The summed E-state index contributed by atoms with van der Waals surface area (Å²) >= 11 is 0. The Hall–Kier alpha value is -2.03. The Labute approximate surface area is 624 Å². The minimum absolute atomic E-state index is 0.0271. The number of ether oxygens (including phenoxy) is 2. The van der Waals surface area contributed by atoms with Gasteiger partial charge >= 0.3 is 11.9 Å². The lowest BCUT2D eigenvalue weighted by molar-refractivity contribution is -0.870. The van der Waals surface area contributed by atoms with Gasteiger partial charge in [0.2, 0.25) is 0 Å². The number of hydrogen-bond acceptors (Lipinski definition) is 8. The highest BCUT2D eigenvalue weighted by molar-refractivity contribution is 7.45. The van der Waals surface area contributed by atoms with Crippen molar-refractivity contribution in [1.82, 2.24) is 0 Å². The second-order valence-corrected chi connectivity index (χ2v) is 33.0. The molecule has 0 N–H and O–H groups in total. The van der Waals surface area contributed by atoms with Gasteiger partial charge in [-0.25, -0.2) is 0 Å². The predicted molar refractivity (Wildman–Crippen MR) is 434 cm³/mol. The number of likely N-dealkylation sites (N-methyl/N-ethyl adjacent to an activating group) is 1. The Balaban J connectivity index is 3.84. The van der Waals surface area contributed by atoms with Crippen LogP contribution in [0, 0.1) is 0 Å². The molecule has 100 heavy (non-hydrogen) atoms. The molecular weight excluding hydrogens is 1250 g/mol. The molecule has 0 aliphatic heterocycles. The number of phosphoric acid groups is 1. The maximum atomic E-state index is 12.9. The predicted octanol–water partition coefficient (Wildman–Crippen LogP) is 29.2. The monoisotopic (exact) mass is 1430 g/mol. The maximum absolute atomic E-state index is 12.9. The maximum Gasteiger partial charge on any atom is 0.306 e. The topological polar surface area (TPSA) is 111 Å². The molecular formula is C90H172NO8P. The van der Waals surface area contributed by atoms with Crippen LogP contribution in [0.25, 0.3) is 0 Å². The van der Waals surface area contributed by atoms with Gasteiger partial charge in [-0.05, 0) is 77.0 Å². The summed E-state index contributed by atoms with van der Waals surface area (Å²) in [6.45, 7) is 4.30. The van der Waals surface area contributed by atoms with Crippen LogP contribution >= 0.6 is 7.82 Å². The third kappa shape index (κ3) is 84.9. The minimum atomic E-state index is -4.64. The first-order valence-electron chi connectivity index (χ1n) is 44.3. The Morgan fingerprint density at radius 1 is 0.310 bits per heavy atom. The van der Waals surface area contributed by atoms with Crippen LogP contribution in [-0.4, -0.2) is 70.0 Å². The summed E-state index contributed by atoms with van der Waals surface area (Å²) in [6, 6.07) is 0. The smallest absolute Gasteiger partial charge is 0.306 e. The number of phosphoric ester groups is 1. The van der Waals surface area contributed by atoms with Crippen molar-refractivity contribution in [3.63, 3.8) is 0 Å². The third-order valence-corrected chi connectivity index (χ3v) is 21.3. The normalized spacial score (nSPS) is 13.1. The van der Waals surface area contributed by atoms with E-state index in [4.69, 9.17) is 18.5 Å². The fraction of sp³-hybridized carbons (Fsp3) is 0.889. The first-order valence-corrected chi connectivity index (χ1v) is 45.8. The zero-order chi connectivity index (χ0) is 72.5. The van der Waals surface area contributed by atoms with E-state index in [-0.39, 0.29) is 32.0 Å². The number of unbranched alkanes of at least 4 members (excludes halogenated alkanes) is 62. The molecule has 0 rings (SSSR count). The van der Waals surface area contributed by atoms with Crippen molar-refractivity contribution >= 4 is 19.8 Å². The number of allylic oxidation sites excluding steroid dienone is 8. The van der Waals surface area contributed by atoms with Crippen LogP contribution in [0.5, 0.6) is 0 Å². The van der Waals surface area contributed by atoms with Crippen LogP contribution in [0.2, 0.25) is 0 Å². The van der Waals surface area contributed by atoms with Gasteiger partial charge in [-0.2, -0.15) is 0 Å². The lowest BCUT2D eigenvalue weighted by atomic mass is 10.0.